The molecule has 0 aromatic heterocycles. The average molecular weight is 333 g/mol. The number of carbonyl (C=O) groups is 1. The minimum Gasteiger partial charge on any atom is -0.385 e. The van der Waals surface area contributed by atoms with Crippen molar-refractivity contribution in [1.82, 2.24) is 5.32 Å². The molecule has 0 atom stereocenters. The van der Waals surface area contributed by atoms with E-state index in [1.165, 1.54) is 0 Å². The van der Waals surface area contributed by atoms with Gasteiger partial charge in [0, 0.05) is 29.4 Å². The second-order valence-corrected chi connectivity index (χ2v) is 4.71. The van der Waals surface area contributed by atoms with Gasteiger partial charge in [0.15, 0.2) is 0 Å². The summed E-state index contributed by atoms with van der Waals surface area (Å²) < 4.78 is 6.01. The molecule has 0 fully saturated rings. The van der Waals surface area contributed by atoms with Crippen LogP contribution in [0.1, 0.15) is 23.2 Å². The molecule has 1 aromatic carbocycles. The van der Waals surface area contributed by atoms with Crippen molar-refractivity contribution >= 4 is 28.5 Å². The van der Waals surface area contributed by atoms with Crippen LogP contribution in [0.3, 0.4) is 0 Å². The molecule has 0 aliphatic heterocycles. The van der Waals surface area contributed by atoms with Crippen LogP contribution in [0.2, 0.25) is 0 Å². The Kier molecular flexibility index (Phi) is 6.40. The Bertz CT molecular complexity index is 342. The number of hydrogen-bond donors (Lipinski definition) is 1. The van der Waals surface area contributed by atoms with E-state index in [4.69, 9.17) is 4.74 Å². The highest BCUT2D eigenvalue weighted by molar-refractivity contribution is 14.1. The molecule has 4 heteroatoms. The first-order chi connectivity index (χ1) is 7.74. The Morgan fingerprint density at radius 3 is 2.94 bits per heavy atom. The zero-order valence-electron chi connectivity index (χ0n) is 9.33. The van der Waals surface area contributed by atoms with Gasteiger partial charge in [-0.2, -0.15) is 0 Å². The topological polar surface area (TPSA) is 38.3 Å². The molecule has 0 spiro atoms. The van der Waals surface area contributed by atoms with Crippen molar-refractivity contribution in [3.05, 3.63) is 33.4 Å². The van der Waals surface area contributed by atoms with Crippen molar-refractivity contribution in [3.63, 3.8) is 0 Å². The predicted octanol–water partition coefficient (Wildman–Crippen LogP) is 2.45. The van der Waals surface area contributed by atoms with E-state index in [9.17, 15) is 4.79 Å². The van der Waals surface area contributed by atoms with Crippen LogP contribution in [0.5, 0.6) is 0 Å². The number of unbranched alkanes of at least 4 members (excludes halogenated alkanes) is 1. The second kappa shape index (κ2) is 7.62. The van der Waals surface area contributed by atoms with Crippen LogP contribution in [0.4, 0.5) is 0 Å². The summed E-state index contributed by atoms with van der Waals surface area (Å²) in [5, 5.41) is 2.89. The highest BCUT2D eigenvalue weighted by Gasteiger charge is 2.04. The van der Waals surface area contributed by atoms with Crippen molar-refractivity contribution in [1.29, 1.82) is 0 Å². The summed E-state index contributed by atoms with van der Waals surface area (Å²) in [6.07, 6.45) is 1.92. The summed E-state index contributed by atoms with van der Waals surface area (Å²) in [6.45, 7) is 1.45. The average Bonchev–Trinajstić information content (AvgIpc) is 2.28. The van der Waals surface area contributed by atoms with E-state index in [-0.39, 0.29) is 5.91 Å². The lowest BCUT2D eigenvalue weighted by molar-refractivity contribution is 0.0951. The lowest BCUT2D eigenvalue weighted by Gasteiger charge is -2.05. The van der Waals surface area contributed by atoms with Crippen molar-refractivity contribution in [2.45, 2.75) is 12.8 Å². The van der Waals surface area contributed by atoms with Gasteiger partial charge in [-0.3, -0.25) is 4.79 Å². The van der Waals surface area contributed by atoms with Crippen LogP contribution in [-0.4, -0.2) is 26.2 Å². The largest absolute Gasteiger partial charge is 0.385 e. The minimum atomic E-state index is -0.00377. The number of hydrogen-bond acceptors (Lipinski definition) is 2. The number of nitrogens with one attached hydrogen (secondary N) is 1. The minimum absolute atomic E-state index is 0.00377. The molecule has 0 heterocycles. The third-order valence-electron chi connectivity index (χ3n) is 2.15. The predicted molar refractivity (Wildman–Crippen MR) is 72.6 cm³/mol. The van der Waals surface area contributed by atoms with E-state index in [1.54, 1.807) is 7.11 Å². The van der Waals surface area contributed by atoms with E-state index >= 15 is 0 Å². The fourth-order valence-electron chi connectivity index (χ4n) is 1.31. The Hall–Kier alpha value is -0.620. The molecule has 1 aromatic rings. The van der Waals surface area contributed by atoms with E-state index in [0.717, 1.165) is 28.6 Å². The molecule has 0 radical (unpaired) electrons. The normalized spacial score (nSPS) is 10.1. The molecular weight excluding hydrogens is 317 g/mol. The lowest BCUT2D eigenvalue weighted by Crippen LogP contribution is -2.24. The van der Waals surface area contributed by atoms with Gasteiger partial charge in [0.05, 0.1) is 0 Å². The van der Waals surface area contributed by atoms with Gasteiger partial charge < -0.3 is 10.1 Å². The fourth-order valence-corrected chi connectivity index (χ4v) is 1.85. The molecule has 3 nitrogen and oxygen atoms in total. The van der Waals surface area contributed by atoms with Gasteiger partial charge in [0.2, 0.25) is 0 Å². The second-order valence-electron chi connectivity index (χ2n) is 3.47. The number of halogens is 1. The van der Waals surface area contributed by atoms with Gasteiger partial charge >= 0.3 is 0 Å². The summed E-state index contributed by atoms with van der Waals surface area (Å²) >= 11 is 2.20. The number of ether oxygens (including phenoxy) is 1. The van der Waals surface area contributed by atoms with Crippen molar-refractivity contribution < 1.29 is 9.53 Å². The van der Waals surface area contributed by atoms with Crippen LogP contribution in [0.25, 0.3) is 0 Å². The molecule has 0 unspecified atom stereocenters. The van der Waals surface area contributed by atoms with Crippen LogP contribution in [0, 0.1) is 3.57 Å². The highest BCUT2D eigenvalue weighted by atomic mass is 127. The monoisotopic (exact) mass is 333 g/mol. The maximum Gasteiger partial charge on any atom is 0.251 e. The van der Waals surface area contributed by atoms with Gasteiger partial charge in [0.25, 0.3) is 5.91 Å². The summed E-state index contributed by atoms with van der Waals surface area (Å²) in [5.74, 6) is -0.00377. The molecule has 0 bridgehead atoms. The number of rotatable bonds is 6. The molecule has 0 aliphatic rings. The van der Waals surface area contributed by atoms with Crippen molar-refractivity contribution in [2.75, 3.05) is 20.3 Å². The molecule has 0 aliphatic carbocycles. The quantitative estimate of drug-likeness (QED) is 0.642. The SMILES string of the molecule is COCCCCNC(=O)c1cccc(I)c1. The molecule has 0 saturated carbocycles. The lowest BCUT2D eigenvalue weighted by atomic mass is 10.2. The summed E-state index contributed by atoms with van der Waals surface area (Å²) in [5.41, 5.74) is 0.721. The Morgan fingerprint density at radius 2 is 2.25 bits per heavy atom. The summed E-state index contributed by atoms with van der Waals surface area (Å²) in [4.78, 5) is 11.7. The highest BCUT2D eigenvalue weighted by Crippen LogP contribution is 2.07. The van der Waals surface area contributed by atoms with Crippen LogP contribution < -0.4 is 5.32 Å². The summed E-state index contributed by atoms with van der Waals surface area (Å²) in [7, 11) is 1.69. The first kappa shape index (κ1) is 13.4. The van der Waals surface area contributed by atoms with Gasteiger partial charge in [0.1, 0.15) is 0 Å². The Morgan fingerprint density at radius 1 is 1.44 bits per heavy atom. The zero-order valence-corrected chi connectivity index (χ0v) is 11.5. The summed E-state index contributed by atoms with van der Waals surface area (Å²) in [6, 6.07) is 7.56. The molecule has 1 amide bonds. The molecular formula is C12H16INO2. The Balaban J connectivity index is 2.30. The van der Waals surface area contributed by atoms with Gasteiger partial charge in [-0.05, 0) is 53.6 Å². The van der Waals surface area contributed by atoms with Crippen LogP contribution >= 0.6 is 22.6 Å². The smallest absolute Gasteiger partial charge is 0.251 e. The number of carbonyl (C=O) groups excluding carboxylic acids is 1. The maximum atomic E-state index is 11.7. The molecule has 0 saturated heterocycles. The standard InChI is InChI=1S/C12H16INO2/c1-16-8-3-2-7-14-12(15)10-5-4-6-11(13)9-10/h4-6,9H,2-3,7-8H2,1H3,(H,14,15). The molecule has 1 N–H and O–H groups in total. The molecule has 1 rings (SSSR count). The van der Waals surface area contributed by atoms with Gasteiger partial charge in [-0.1, -0.05) is 6.07 Å². The van der Waals surface area contributed by atoms with E-state index in [2.05, 4.69) is 27.9 Å². The maximum absolute atomic E-state index is 11.7. The number of methoxy groups -OCH3 is 1. The van der Waals surface area contributed by atoms with Crippen LogP contribution in [-0.2, 0) is 4.74 Å². The van der Waals surface area contributed by atoms with Crippen molar-refractivity contribution in [3.8, 4) is 0 Å². The fraction of sp³-hybridized carbons (Fsp3) is 0.417. The molecule has 88 valence electrons. The van der Waals surface area contributed by atoms with Crippen LogP contribution in [0.15, 0.2) is 24.3 Å². The van der Waals surface area contributed by atoms with E-state index < -0.39 is 0 Å². The molecule has 16 heavy (non-hydrogen) atoms. The number of benzene rings is 1. The Labute approximate surface area is 110 Å². The zero-order chi connectivity index (χ0) is 11.8. The van der Waals surface area contributed by atoms with Gasteiger partial charge in [-0.25, -0.2) is 0 Å². The third kappa shape index (κ3) is 4.94. The first-order valence-corrected chi connectivity index (χ1v) is 6.34. The first-order valence-electron chi connectivity index (χ1n) is 5.26. The third-order valence-corrected chi connectivity index (χ3v) is 2.82. The van der Waals surface area contributed by atoms with E-state index in [1.807, 2.05) is 24.3 Å². The number of amides is 1. The van der Waals surface area contributed by atoms with E-state index in [0.29, 0.717) is 6.54 Å². The van der Waals surface area contributed by atoms with Gasteiger partial charge in [-0.15, -0.1) is 0 Å². The van der Waals surface area contributed by atoms with Crippen molar-refractivity contribution in [2.24, 2.45) is 0 Å².